The van der Waals surface area contributed by atoms with Crippen LogP contribution in [0.4, 0.5) is 11.6 Å². The zero-order valence-electron chi connectivity index (χ0n) is 13.8. The second-order valence-electron chi connectivity index (χ2n) is 5.90. The van der Waals surface area contributed by atoms with Gasteiger partial charge in [-0.3, -0.25) is 4.79 Å². The molecule has 0 N–H and O–H groups in total. The van der Waals surface area contributed by atoms with E-state index in [2.05, 4.69) is 15.1 Å². The van der Waals surface area contributed by atoms with E-state index in [4.69, 9.17) is 11.6 Å². The Bertz CT molecular complexity index is 711. The average Bonchev–Trinajstić information content (AvgIpc) is 2.62. The minimum absolute atomic E-state index is 0.0192. The first-order chi connectivity index (χ1) is 11.6. The van der Waals surface area contributed by atoms with E-state index >= 15 is 0 Å². The Morgan fingerprint density at radius 3 is 2.33 bits per heavy atom. The highest BCUT2D eigenvalue weighted by Gasteiger charge is 2.24. The van der Waals surface area contributed by atoms with Crippen LogP contribution in [0.25, 0.3) is 0 Å². The maximum Gasteiger partial charge on any atom is 0.255 e. The fourth-order valence-electron chi connectivity index (χ4n) is 2.67. The number of hydrogen-bond donors (Lipinski definition) is 0. The average molecular weight is 346 g/mol. The van der Waals surface area contributed by atoms with Crippen LogP contribution in [0, 0.1) is 0 Å². The van der Waals surface area contributed by atoms with Gasteiger partial charge < -0.3 is 14.7 Å². The van der Waals surface area contributed by atoms with Crippen molar-refractivity contribution in [3.63, 3.8) is 0 Å². The molecular formula is C17H20ClN5O. The van der Waals surface area contributed by atoms with E-state index < -0.39 is 0 Å². The van der Waals surface area contributed by atoms with Crippen LogP contribution < -0.4 is 9.80 Å². The van der Waals surface area contributed by atoms with Crippen molar-refractivity contribution in [2.45, 2.75) is 0 Å². The Kier molecular flexibility index (Phi) is 4.85. The molecule has 7 heteroatoms. The van der Waals surface area contributed by atoms with Crippen molar-refractivity contribution in [1.82, 2.24) is 15.1 Å². The summed E-state index contributed by atoms with van der Waals surface area (Å²) in [7, 11) is 3.87. The first-order valence-corrected chi connectivity index (χ1v) is 8.24. The van der Waals surface area contributed by atoms with Crippen molar-refractivity contribution in [1.29, 1.82) is 0 Å². The number of aromatic nitrogens is 2. The lowest BCUT2D eigenvalue weighted by Crippen LogP contribution is -2.49. The molecule has 1 aliphatic rings. The molecule has 0 aliphatic carbocycles. The maximum absolute atomic E-state index is 12.6. The first-order valence-electron chi connectivity index (χ1n) is 7.86. The molecule has 1 fully saturated rings. The summed E-state index contributed by atoms with van der Waals surface area (Å²) in [6, 6.07) is 11.1. The number of piperazine rings is 1. The molecule has 1 aliphatic heterocycles. The summed E-state index contributed by atoms with van der Waals surface area (Å²) in [5.74, 6) is 1.64. The van der Waals surface area contributed by atoms with Crippen LogP contribution in [0.1, 0.15) is 10.4 Å². The molecule has 126 valence electrons. The van der Waals surface area contributed by atoms with Crippen molar-refractivity contribution in [3.8, 4) is 0 Å². The van der Waals surface area contributed by atoms with E-state index in [0.717, 1.165) is 24.7 Å². The highest BCUT2D eigenvalue weighted by molar-refractivity contribution is 6.33. The van der Waals surface area contributed by atoms with E-state index in [1.807, 2.05) is 48.2 Å². The lowest BCUT2D eigenvalue weighted by molar-refractivity contribution is 0.0746. The van der Waals surface area contributed by atoms with Gasteiger partial charge in [0.05, 0.1) is 10.6 Å². The fraction of sp³-hybridized carbons (Fsp3) is 0.353. The van der Waals surface area contributed by atoms with E-state index in [-0.39, 0.29) is 5.91 Å². The molecular weight excluding hydrogens is 326 g/mol. The summed E-state index contributed by atoms with van der Waals surface area (Å²) in [5, 5.41) is 8.97. The Balaban J connectivity index is 1.63. The normalized spacial score (nSPS) is 14.6. The molecule has 1 amide bonds. The van der Waals surface area contributed by atoms with Crippen LogP contribution in [-0.4, -0.2) is 61.3 Å². The van der Waals surface area contributed by atoms with Gasteiger partial charge in [0.15, 0.2) is 11.6 Å². The van der Waals surface area contributed by atoms with E-state index in [1.54, 1.807) is 12.1 Å². The number of carbonyl (C=O) groups excluding carboxylic acids is 1. The molecule has 0 unspecified atom stereocenters. The van der Waals surface area contributed by atoms with Gasteiger partial charge in [-0.15, -0.1) is 10.2 Å². The molecule has 2 heterocycles. The predicted molar refractivity (Wildman–Crippen MR) is 95.9 cm³/mol. The van der Waals surface area contributed by atoms with Crippen LogP contribution >= 0.6 is 11.6 Å². The Hall–Kier alpha value is -2.34. The Morgan fingerprint density at radius 1 is 1.04 bits per heavy atom. The third-order valence-corrected chi connectivity index (χ3v) is 4.42. The van der Waals surface area contributed by atoms with Gasteiger partial charge in [0, 0.05) is 40.3 Å². The van der Waals surface area contributed by atoms with Crippen molar-refractivity contribution in [2.75, 3.05) is 50.1 Å². The van der Waals surface area contributed by atoms with Crippen LogP contribution in [0.3, 0.4) is 0 Å². The van der Waals surface area contributed by atoms with Crippen molar-refractivity contribution >= 4 is 29.1 Å². The number of hydrogen-bond acceptors (Lipinski definition) is 5. The second-order valence-corrected chi connectivity index (χ2v) is 6.31. The Labute approximate surface area is 146 Å². The molecule has 1 aromatic carbocycles. The van der Waals surface area contributed by atoms with Gasteiger partial charge in [-0.25, -0.2) is 0 Å². The summed E-state index contributed by atoms with van der Waals surface area (Å²) < 4.78 is 0. The topological polar surface area (TPSA) is 52.6 Å². The molecule has 0 bridgehead atoms. The molecule has 3 rings (SSSR count). The van der Waals surface area contributed by atoms with Crippen LogP contribution in [0.2, 0.25) is 5.02 Å². The van der Waals surface area contributed by atoms with Gasteiger partial charge in [-0.2, -0.15) is 0 Å². The van der Waals surface area contributed by atoms with E-state index in [9.17, 15) is 4.79 Å². The van der Waals surface area contributed by atoms with Crippen LogP contribution in [0.15, 0.2) is 36.4 Å². The van der Waals surface area contributed by atoms with Crippen LogP contribution in [0.5, 0.6) is 0 Å². The van der Waals surface area contributed by atoms with Crippen molar-refractivity contribution in [2.24, 2.45) is 0 Å². The van der Waals surface area contributed by atoms with Gasteiger partial charge in [0.1, 0.15) is 0 Å². The number of benzene rings is 1. The standard InChI is InChI=1S/C17H20ClN5O/c1-21(2)15-7-8-16(20-19-15)22-9-11-23(12-10-22)17(24)13-5-3-4-6-14(13)18/h3-8H,9-12H2,1-2H3. The summed E-state index contributed by atoms with van der Waals surface area (Å²) in [4.78, 5) is 18.5. The maximum atomic E-state index is 12.6. The lowest BCUT2D eigenvalue weighted by atomic mass is 10.2. The predicted octanol–water partition coefficient (Wildman–Crippen LogP) is 2.16. The van der Waals surface area contributed by atoms with Gasteiger partial charge in [-0.1, -0.05) is 23.7 Å². The molecule has 1 aromatic heterocycles. The number of carbonyl (C=O) groups is 1. The summed E-state index contributed by atoms with van der Waals surface area (Å²) in [6.45, 7) is 2.74. The van der Waals surface area contributed by atoms with Gasteiger partial charge in [0.2, 0.25) is 0 Å². The fourth-order valence-corrected chi connectivity index (χ4v) is 2.89. The molecule has 2 aromatic rings. The van der Waals surface area contributed by atoms with E-state index in [0.29, 0.717) is 23.7 Å². The molecule has 24 heavy (non-hydrogen) atoms. The second kappa shape index (κ2) is 7.05. The number of halogens is 1. The zero-order chi connectivity index (χ0) is 17.1. The molecule has 6 nitrogen and oxygen atoms in total. The number of nitrogens with zero attached hydrogens (tertiary/aromatic N) is 5. The summed E-state index contributed by atoms with van der Waals surface area (Å²) in [5.41, 5.74) is 0.558. The molecule has 0 radical (unpaired) electrons. The molecule has 0 saturated carbocycles. The summed E-state index contributed by atoms with van der Waals surface area (Å²) >= 11 is 6.12. The largest absolute Gasteiger partial charge is 0.361 e. The number of amides is 1. The SMILES string of the molecule is CN(C)c1ccc(N2CCN(C(=O)c3ccccc3Cl)CC2)nn1. The third-order valence-electron chi connectivity index (χ3n) is 4.09. The minimum atomic E-state index is -0.0192. The zero-order valence-corrected chi connectivity index (χ0v) is 14.6. The van der Waals surface area contributed by atoms with Crippen molar-refractivity contribution in [3.05, 3.63) is 47.0 Å². The van der Waals surface area contributed by atoms with Gasteiger partial charge >= 0.3 is 0 Å². The first kappa shape index (κ1) is 16.5. The monoisotopic (exact) mass is 345 g/mol. The number of anilines is 2. The Morgan fingerprint density at radius 2 is 1.75 bits per heavy atom. The quantitative estimate of drug-likeness (QED) is 0.853. The van der Waals surface area contributed by atoms with E-state index in [1.165, 1.54) is 0 Å². The van der Waals surface area contributed by atoms with Gasteiger partial charge in [0.25, 0.3) is 5.91 Å². The lowest BCUT2D eigenvalue weighted by Gasteiger charge is -2.35. The van der Waals surface area contributed by atoms with Gasteiger partial charge in [-0.05, 0) is 24.3 Å². The minimum Gasteiger partial charge on any atom is -0.361 e. The van der Waals surface area contributed by atoms with Crippen molar-refractivity contribution < 1.29 is 4.79 Å². The molecule has 0 atom stereocenters. The highest BCUT2D eigenvalue weighted by Crippen LogP contribution is 2.20. The summed E-state index contributed by atoms with van der Waals surface area (Å²) in [6.07, 6.45) is 0. The third kappa shape index (κ3) is 3.43. The smallest absolute Gasteiger partial charge is 0.255 e. The molecule has 1 saturated heterocycles. The molecule has 0 spiro atoms. The number of rotatable bonds is 3. The van der Waals surface area contributed by atoms with Crippen LogP contribution in [-0.2, 0) is 0 Å². The highest BCUT2D eigenvalue weighted by atomic mass is 35.5.